The molecule has 0 spiro atoms. The molecule has 0 aliphatic rings. The third-order valence-electron chi connectivity index (χ3n) is 3.73. The first-order chi connectivity index (χ1) is 9.06. The van der Waals surface area contributed by atoms with E-state index in [0.717, 1.165) is 16.9 Å². The average Bonchev–Trinajstić information content (AvgIpc) is 2.82. The second kappa shape index (κ2) is 4.37. The molecule has 0 radical (unpaired) electrons. The van der Waals surface area contributed by atoms with Crippen LogP contribution in [0.3, 0.4) is 0 Å². The number of benzene rings is 2. The van der Waals surface area contributed by atoms with Gasteiger partial charge in [0, 0.05) is 11.3 Å². The lowest BCUT2D eigenvalue weighted by Crippen LogP contribution is -1.88. The van der Waals surface area contributed by atoms with Crippen molar-refractivity contribution in [1.82, 2.24) is 9.97 Å². The predicted molar refractivity (Wildman–Crippen MR) is 81.8 cm³/mol. The number of hydrogen-bond acceptors (Lipinski definition) is 1. The minimum absolute atomic E-state index is 0.428. The molecule has 0 fully saturated rings. The summed E-state index contributed by atoms with van der Waals surface area (Å²) in [4.78, 5) is 8.14. The first-order valence-electron chi connectivity index (χ1n) is 6.98. The van der Waals surface area contributed by atoms with Gasteiger partial charge >= 0.3 is 0 Å². The third kappa shape index (κ3) is 2.01. The van der Waals surface area contributed by atoms with E-state index in [2.05, 4.69) is 68.0 Å². The highest BCUT2D eigenvalue weighted by Gasteiger charge is 2.09. The molecular formula is C17H20N2. The zero-order chi connectivity index (χ0) is 13.6. The van der Waals surface area contributed by atoms with Crippen LogP contribution in [-0.2, 0) is 0 Å². The van der Waals surface area contributed by atoms with Gasteiger partial charge in [-0.25, -0.2) is 4.98 Å². The molecule has 2 nitrogen and oxygen atoms in total. The molecule has 2 heteroatoms. The summed E-state index contributed by atoms with van der Waals surface area (Å²) in [6, 6.07) is 11.0. The quantitative estimate of drug-likeness (QED) is 0.686. The molecule has 2 aromatic carbocycles. The molecule has 1 aromatic heterocycles. The van der Waals surface area contributed by atoms with E-state index in [4.69, 9.17) is 0 Å². The summed E-state index contributed by atoms with van der Waals surface area (Å²) in [6.07, 6.45) is 0. The Bertz CT molecular complexity index is 735. The van der Waals surface area contributed by atoms with E-state index in [1.54, 1.807) is 0 Å². The van der Waals surface area contributed by atoms with E-state index >= 15 is 0 Å². The number of aromatic amines is 1. The van der Waals surface area contributed by atoms with Gasteiger partial charge in [0.2, 0.25) is 0 Å². The number of fused-ring (bicyclic) bond motifs is 3. The average molecular weight is 252 g/mol. The van der Waals surface area contributed by atoms with E-state index < -0.39 is 0 Å². The fourth-order valence-electron chi connectivity index (χ4n) is 2.48. The fraction of sp³-hybridized carbons (Fsp3) is 0.353. The van der Waals surface area contributed by atoms with Gasteiger partial charge in [0.05, 0.1) is 11.0 Å². The van der Waals surface area contributed by atoms with Gasteiger partial charge in [0.1, 0.15) is 5.82 Å². The largest absolute Gasteiger partial charge is 0.341 e. The lowest BCUT2D eigenvalue weighted by molar-refractivity contribution is 0.799. The second-order valence-corrected chi connectivity index (χ2v) is 5.87. The van der Waals surface area contributed by atoms with Crippen LogP contribution in [0.2, 0.25) is 0 Å². The van der Waals surface area contributed by atoms with Crippen LogP contribution in [0, 0.1) is 0 Å². The molecule has 98 valence electrons. The normalized spacial score (nSPS) is 12.1. The molecule has 0 aliphatic carbocycles. The minimum atomic E-state index is 0.428. The first kappa shape index (κ1) is 12.2. The van der Waals surface area contributed by atoms with Crippen LogP contribution in [0.4, 0.5) is 0 Å². The van der Waals surface area contributed by atoms with Crippen LogP contribution >= 0.6 is 0 Å². The van der Waals surface area contributed by atoms with Crippen molar-refractivity contribution in [3.8, 4) is 0 Å². The molecule has 1 N–H and O–H groups in total. The topological polar surface area (TPSA) is 28.7 Å². The molecule has 0 saturated heterocycles. The third-order valence-corrected chi connectivity index (χ3v) is 3.73. The van der Waals surface area contributed by atoms with Crippen LogP contribution in [0.25, 0.3) is 21.8 Å². The van der Waals surface area contributed by atoms with Crippen LogP contribution in [-0.4, -0.2) is 9.97 Å². The number of H-pyrrole nitrogens is 1. The van der Waals surface area contributed by atoms with E-state index in [0.29, 0.717) is 11.8 Å². The van der Waals surface area contributed by atoms with Crippen molar-refractivity contribution in [3.63, 3.8) is 0 Å². The molecule has 0 unspecified atom stereocenters. The van der Waals surface area contributed by atoms with Crippen LogP contribution in [0.15, 0.2) is 30.3 Å². The first-order valence-corrected chi connectivity index (χ1v) is 6.98. The lowest BCUT2D eigenvalue weighted by atomic mass is 9.99. The zero-order valence-electron chi connectivity index (χ0n) is 12.0. The van der Waals surface area contributed by atoms with Gasteiger partial charge in [-0.05, 0) is 22.9 Å². The van der Waals surface area contributed by atoms with E-state index in [1.165, 1.54) is 16.3 Å². The second-order valence-electron chi connectivity index (χ2n) is 5.87. The van der Waals surface area contributed by atoms with Crippen molar-refractivity contribution >= 4 is 21.8 Å². The SMILES string of the molecule is CC(C)c1ccc2c(ccc3nc(C(C)C)[nH]c32)c1. The van der Waals surface area contributed by atoms with E-state index in [9.17, 15) is 0 Å². The van der Waals surface area contributed by atoms with Crippen molar-refractivity contribution in [3.05, 3.63) is 41.7 Å². The number of hydrogen-bond donors (Lipinski definition) is 1. The van der Waals surface area contributed by atoms with Gasteiger partial charge in [-0.15, -0.1) is 0 Å². The molecule has 3 rings (SSSR count). The van der Waals surface area contributed by atoms with Gasteiger partial charge in [-0.1, -0.05) is 52.0 Å². The Morgan fingerprint density at radius 2 is 1.74 bits per heavy atom. The minimum Gasteiger partial charge on any atom is -0.341 e. The summed E-state index contributed by atoms with van der Waals surface area (Å²) in [6.45, 7) is 8.78. The maximum Gasteiger partial charge on any atom is 0.109 e. The zero-order valence-corrected chi connectivity index (χ0v) is 12.0. The molecule has 1 heterocycles. The summed E-state index contributed by atoms with van der Waals surface area (Å²) in [5, 5.41) is 2.55. The molecule has 0 bridgehead atoms. The van der Waals surface area contributed by atoms with Gasteiger partial charge < -0.3 is 4.98 Å². The van der Waals surface area contributed by atoms with Gasteiger partial charge in [0.15, 0.2) is 0 Å². The summed E-state index contributed by atoms with van der Waals surface area (Å²) in [5.41, 5.74) is 3.61. The monoisotopic (exact) mass is 252 g/mol. The van der Waals surface area contributed by atoms with E-state index in [1.807, 2.05) is 0 Å². The Balaban J connectivity index is 2.28. The predicted octanol–water partition coefficient (Wildman–Crippen LogP) is 4.96. The van der Waals surface area contributed by atoms with E-state index in [-0.39, 0.29) is 0 Å². The van der Waals surface area contributed by atoms with Crippen LogP contribution < -0.4 is 0 Å². The summed E-state index contributed by atoms with van der Waals surface area (Å²) in [5.74, 6) is 2.06. The smallest absolute Gasteiger partial charge is 0.109 e. The molecule has 0 aliphatic heterocycles. The fourth-order valence-corrected chi connectivity index (χ4v) is 2.48. The summed E-state index contributed by atoms with van der Waals surface area (Å²) in [7, 11) is 0. The Labute approximate surface area is 113 Å². The maximum atomic E-state index is 4.66. The van der Waals surface area contributed by atoms with Crippen molar-refractivity contribution in [2.24, 2.45) is 0 Å². The van der Waals surface area contributed by atoms with Crippen molar-refractivity contribution in [1.29, 1.82) is 0 Å². The highest BCUT2D eigenvalue weighted by atomic mass is 14.9. The Hall–Kier alpha value is -1.83. The number of nitrogens with one attached hydrogen (secondary N) is 1. The van der Waals surface area contributed by atoms with Crippen LogP contribution in [0.1, 0.15) is 50.9 Å². The van der Waals surface area contributed by atoms with Gasteiger partial charge in [-0.2, -0.15) is 0 Å². The highest BCUT2D eigenvalue weighted by molar-refractivity contribution is 6.04. The Morgan fingerprint density at radius 1 is 0.947 bits per heavy atom. The molecule has 0 saturated carbocycles. The molecule has 3 aromatic rings. The molecule has 19 heavy (non-hydrogen) atoms. The standard InChI is InChI=1S/C17H20N2/c1-10(2)12-5-7-14-13(9-12)6-8-15-16(14)19-17(18-15)11(3)4/h5-11H,1-4H3,(H,18,19). The van der Waals surface area contributed by atoms with Gasteiger partial charge in [0.25, 0.3) is 0 Å². The summed E-state index contributed by atoms with van der Waals surface area (Å²) >= 11 is 0. The van der Waals surface area contributed by atoms with Crippen molar-refractivity contribution < 1.29 is 0 Å². The number of nitrogens with zero attached hydrogens (tertiary/aromatic N) is 1. The highest BCUT2D eigenvalue weighted by Crippen LogP contribution is 2.28. The lowest BCUT2D eigenvalue weighted by Gasteiger charge is -2.07. The number of rotatable bonds is 2. The number of aromatic nitrogens is 2. The van der Waals surface area contributed by atoms with Gasteiger partial charge in [-0.3, -0.25) is 0 Å². The molecule has 0 amide bonds. The maximum absolute atomic E-state index is 4.66. The molecular weight excluding hydrogens is 232 g/mol. The number of imidazole rings is 1. The van der Waals surface area contributed by atoms with Crippen molar-refractivity contribution in [2.75, 3.05) is 0 Å². The Morgan fingerprint density at radius 3 is 2.42 bits per heavy atom. The summed E-state index contributed by atoms with van der Waals surface area (Å²) < 4.78 is 0. The molecule has 0 atom stereocenters. The Kier molecular flexibility index (Phi) is 2.81. The van der Waals surface area contributed by atoms with Crippen molar-refractivity contribution in [2.45, 2.75) is 39.5 Å². The van der Waals surface area contributed by atoms with Crippen LogP contribution in [0.5, 0.6) is 0 Å².